The SMILES string of the molecule is CC(Nc1ccc(S(=O)(=O)N2CCCC2)cc1[N+](=O)[O-])c1cccc2ccccc12. The van der Waals surface area contributed by atoms with Gasteiger partial charge < -0.3 is 5.32 Å². The van der Waals surface area contributed by atoms with E-state index >= 15 is 0 Å². The molecule has 30 heavy (non-hydrogen) atoms. The molecule has 7 nitrogen and oxygen atoms in total. The lowest BCUT2D eigenvalue weighted by Gasteiger charge is -2.19. The normalized spacial score (nSPS) is 15.9. The number of benzene rings is 3. The van der Waals surface area contributed by atoms with E-state index in [1.165, 1.54) is 16.4 Å². The minimum atomic E-state index is -3.72. The van der Waals surface area contributed by atoms with Gasteiger partial charge in [0.15, 0.2) is 0 Å². The fourth-order valence-corrected chi connectivity index (χ4v) is 5.50. The van der Waals surface area contributed by atoms with Crippen molar-refractivity contribution in [1.29, 1.82) is 0 Å². The quantitative estimate of drug-likeness (QED) is 0.456. The molecule has 0 amide bonds. The highest BCUT2D eigenvalue weighted by atomic mass is 32.2. The van der Waals surface area contributed by atoms with Crippen LogP contribution in [-0.2, 0) is 10.0 Å². The van der Waals surface area contributed by atoms with Crippen molar-refractivity contribution in [3.8, 4) is 0 Å². The van der Waals surface area contributed by atoms with Crippen molar-refractivity contribution in [3.63, 3.8) is 0 Å². The van der Waals surface area contributed by atoms with E-state index in [1.807, 2.05) is 49.4 Å². The van der Waals surface area contributed by atoms with Crippen LogP contribution in [0.25, 0.3) is 10.8 Å². The summed E-state index contributed by atoms with van der Waals surface area (Å²) in [6.45, 7) is 2.84. The van der Waals surface area contributed by atoms with Crippen LogP contribution in [-0.4, -0.2) is 30.7 Å². The van der Waals surface area contributed by atoms with Crippen LogP contribution in [0.2, 0.25) is 0 Å². The topological polar surface area (TPSA) is 92.6 Å². The zero-order chi connectivity index (χ0) is 21.3. The van der Waals surface area contributed by atoms with Gasteiger partial charge in [-0.2, -0.15) is 4.31 Å². The molecule has 1 fully saturated rings. The summed E-state index contributed by atoms with van der Waals surface area (Å²) in [7, 11) is -3.72. The van der Waals surface area contributed by atoms with Gasteiger partial charge in [-0.3, -0.25) is 10.1 Å². The number of hydrogen-bond donors (Lipinski definition) is 1. The Morgan fingerprint density at radius 2 is 1.73 bits per heavy atom. The summed E-state index contributed by atoms with van der Waals surface area (Å²) >= 11 is 0. The third-order valence-corrected chi connectivity index (χ3v) is 7.43. The standard InChI is InChI=1S/C22H23N3O4S/c1-16(19-10-6-8-17-7-2-3-9-20(17)19)23-21-12-11-18(15-22(21)25(26)27)30(28,29)24-13-4-5-14-24/h2-3,6-12,15-16,23H,4-5,13-14H2,1H3. The predicted octanol–water partition coefficient (Wildman–Crippen LogP) is 4.71. The summed E-state index contributed by atoms with van der Waals surface area (Å²) in [5.74, 6) is 0. The molecule has 1 saturated heterocycles. The Kier molecular flexibility index (Phi) is 5.44. The number of hydrogen-bond acceptors (Lipinski definition) is 5. The predicted molar refractivity (Wildman–Crippen MR) is 117 cm³/mol. The summed E-state index contributed by atoms with van der Waals surface area (Å²) < 4.78 is 27.0. The highest BCUT2D eigenvalue weighted by Crippen LogP contribution is 2.33. The van der Waals surface area contributed by atoms with Crippen molar-refractivity contribution >= 4 is 32.2 Å². The number of nitro groups is 1. The van der Waals surface area contributed by atoms with E-state index < -0.39 is 14.9 Å². The van der Waals surface area contributed by atoms with Crippen LogP contribution in [0.3, 0.4) is 0 Å². The molecule has 1 unspecified atom stereocenters. The van der Waals surface area contributed by atoms with Crippen molar-refractivity contribution in [3.05, 3.63) is 76.3 Å². The van der Waals surface area contributed by atoms with E-state index in [0.29, 0.717) is 18.8 Å². The first-order valence-corrected chi connectivity index (χ1v) is 11.3. The fraction of sp³-hybridized carbons (Fsp3) is 0.273. The van der Waals surface area contributed by atoms with Crippen LogP contribution < -0.4 is 5.32 Å². The number of anilines is 1. The van der Waals surface area contributed by atoms with E-state index in [0.717, 1.165) is 35.2 Å². The zero-order valence-corrected chi connectivity index (χ0v) is 17.4. The van der Waals surface area contributed by atoms with Gasteiger partial charge in [0, 0.05) is 25.2 Å². The summed E-state index contributed by atoms with van der Waals surface area (Å²) in [6, 6.07) is 17.8. The summed E-state index contributed by atoms with van der Waals surface area (Å²) in [5, 5.41) is 17.1. The molecule has 3 aromatic rings. The minimum absolute atomic E-state index is 0.0422. The first kappa shape index (κ1) is 20.3. The molecule has 0 radical (unpaired) electrons. The van der Waals surface area contributed by atoms with Crippen LogP contribution in [0.1, 0.15) is 31.4 Å². The molecule has 1 aliphatic rings. The van der Waals surface area contributed by atoms with Crippen molar-refractivity contribution in [2.45, 2.75) is 30.7 Å². The molecule has 156 valence electrons. The number of nitro benzene ring substituents is 1. The van der Waals surface area contributed by atoms with Crippen LogP contribution in [0.15, 0.2) is 65.6 Å². The average Bonchev–Trinajstić information content (AvgIpc) is 3.29. The zero-order valence-electron chi connectivity index (χ0n) is 16.6. The van der Waals surface area contributed by atoms with Crippen molar-refractivity contribution in [2.24, 2.45) is 0 Å². The molecular weight excluding hydrogens is 402 g/mol. The molecule has 1 aliphatic heterocycles. The summed E-state index contributed by atoms with van der Waals surface area (Å²) in [5.41, 5.74) is 1.05. The van der Waals surface area contributed by atoms with E-state index in [1.54, 1.807) is 0 Å². The lowest BCUT2D eigenvalue weighted by atomic mass is 9.99. The lowest BCUT2D eigenvalue weighted by Crippen LogP contribution is -2.27. The van der Waals surface area contributed by atoms with Gasteiger partial charge in [-0.25, -0.2) is 8.42 Å². The van der Waals surface area contributed by atoms with E-state index in [9.17, 15) is 18.5 Å². The Balaban J connectivity index is 1.68. The van der Waals surface area contributed by atoms with Crippen LogP contribution in [0.4, 0.5) is 11.4 Å². The molecule has 0 spiro atoms. The lowest BCUT2D eigenvalue weighted by molar-refractivity contribution is -0.384. The summed E-state index contributed by atoms with van der Waals surface area (Å²) in [6.07, 6.45) is 1.62. The van der Waals surface area contributed by atoms with Gasteiger partial charge in [0.05, 0.1) is 9.82 Å². The van der Waals surface area contributed by atoms with Crippen LogP contribution in [0, 0.1) is 10.1 Å². The third-order valence-electron chi connectivity index (χ3n) is 5.53. The number of fused-ring (bicyclic) bond motifs is 1. The molecule has 8 heteroatoms. The molecule has 0 saturated carbocycles. The van der Waals surface area contributed by atoms with Crippen LogP contribution in [0.5, 0.6) is 0 Å². The van der Waals surface area contributed by atoms with Crippen molar-refractivity contribution < 1.29 is 13.3 Å². The molecule has 1 atom stereocenters. The van der Waals surface area contributed by atoms with Gasteiger partial charge in [-0.15, -0.1) is 0 Å². The average molecular weight is 426 g/mol. The highest BCUT2D eigenvalue weighted by Gasteiger charge is 2.29. The maximum absolute atomic E-state index is 12.8. The van der Waals surface area contributed by atoms with Gasteiger partial charge in [0.1, 0.15) is 5.69 Å². The van der Waals surface area contributed by atoms with Gasteiger partial charge in [0.25, 0.3) is 5.69 Å². The molecule has 0 aliphatic carbocycles. The Morgan fingerprint density at radius 3 is 2.47 bits per heavy atom. The van der Waals surface area contributed by atoms with Gasteiger partial charge in [0.2, 0.25) is 10.0 Å². The minimum Gasteiger partial charge on any atom is -0.373 e. The Labute approximate surface area is 175 Å². The fourth-order valence-electron chi connectivity index (χ4n) is 3.96. The number of sulfonamides is 1. The number of rotatable bonds is 6. The first-order valence-electron chi connectivity index (χ1n) is 9.91. The molecule has 1 N–H and O–H groups in total. The van der Waals surface area contributed by atoms with Crippen molar-refractivity contribution in [1.82, 2.24) is 4.31 Å². The third kappa shape index (κ3) is 3.76. The molecule has 4 rings (SSSR count). The van der Waals surface area contributed by atoms with E-state index in [-0.39, 0.29) is 16.6 Å². The van der Waals surface area contributed by atoms with Crippen molar-refractivity contribution in [2.75, 3.05) is 18.4 Å². The maximum Gasteiger partial charge on any atom is 0.293 e. The Hall–Kier alpha value is -2.97. The summed E-state index contributed by atoms with van der Waals surface area (Å²) in [4.78, 5) is 11.1. The monoisotopic (exact) mass is 425 g/mol. The molecule has 0 bridgehead atoms. The van der Waals surface area contributed by atoms with Crippen LogP contribution >= 0.6 is 0 Å². The largest absolute Gasteiger partial charge is 0.373 e. The smallest absolute Gasteiger partial charge is 0.293 e. The molecule has 3 aromatic carbocycles. The van der Waals surface area contributed by atoms with Gasteiger partial charge in [-0.1, -0.05) is 42.5 Å². The van der Waals surface area contributed by atoms with E-state index in [2.05, 4.69) is 5.32 Å². The first-order chi connectivity index (χ1) is 14.4. The Bertz CT molecular complexity index is 1200. The molecule has 0 aromatic heterocycles. The van der Waals surface area contributed by atoms with Gasteiger partial charge >= 0.3 is 0 Å². The molecule has 1 heterocycles. The van der Waals surface area contributed by atoms with E-state index in [4.69, 9.17) is 0 Å². The second-order valence-corrected chi connectivity index (χ2v) is 9.42. The molecular formula is C22H23N3O4S. The van der Waals surface area contributed by atoms with Gasteiger partial charge in [-0.05, 0) is 48.2 Å². The maximum atomic E-state index is 12.8. The second kappa shape index (κ2) is 8.04. The second-order valence-electron chi connectivity index (χ2n) is 7.48. The number of nitrogens with zero attached hydrogens (tertiary/aromatic N) is 2. The number of nitrogens with one attached hydrogen (secondary N) is 1. The highest BCUT2D eigenvalue weighted by molar-refractivity contribution is 7.89. The Morgan fingerprint density at radius 1 is 1.03 bits per heavy atom.